The van der Waals surface area contributed by atoms with E-state index in [-0.39, 0.29) is 5.91 Å². The summed E-state index contributed by atoms with van der Waals surface area (Å²) in [5, 5.41) is 2.84. The number of hydrogen-bond donors (Lipinski definition) is 2. The van der Waals surface area contributed by atoms with E-state index in [0.717, 1.165) is 23.5 Å². The summed E-state index contributed by atoms with van der Waals surface area (Å²) in [6, 6.07) is 10.4. The van der Waals surface area contributed by atoms with Gasteiger partial charge in [-0.25, -0.2) is 0 Å². The first kappa shape index (κ1) is 15.9. The van der Waals surface area contributed by atoms with Crippen LogP contribution in [0.1, 0.15) is 26.3 Å². The molecule has 0 atom stereocenters. The average Bonchev–Trinajstić information content (AvgIpc) is 2.54. The summed E-state index contributed by atoms with van der Waals surface area (Å²) in [6.07, 6.45) is 0. The van der Waals surface area contributed by atoms with Crippen LogP contribution in [-0.2, 0) is 0 Å². The summed E-state index contributed by atoms with van der Waals surface area (Å²) in [4.78, 5) is 25.8. The number of primary amides is 1. The van der Waals surface area contributed by atoms with Gasteiger partial charge in [0, 0.05) is 23.9 Å². The third kappa shape index (κ3) is 3.03. The molecule has 124 valence electrons. The second-order valence-corrected chi connectivity index (χ2v) is 5.80. The number of anilines is 2. The van der Waals surface area contributed by atoms with E-state index in [1.165, 1.54) is 0 Å². The topological polar surface area (TPSA) is 84.7 Å². The lowest BCUT2D eigenvalue weighted by Crippen LogP contribution is -2.29. The monoisotopic (exact) mass is 325 g/mol. The highest BCUT2D eigenvalue weighted by molar-refractivity contribution is 6.05. The van der Waals surface area contributed by atoms with Crippen LogP contribution < -0.4 is 20.7 Å². The van der Waals surface area contributed by atoms with Crippen molar-refractivity contribution in [1.29, 1.82) is 0 Å². The molecule has 0 aliphatic carbocycles. The van der Waals surface area contributed by atoms with E-state index in [1.807, 2.05) is 13.1 Å². The predicted octanol–water partition coefficient (Wildman–Crippen LogP) is 2.17. The van der Waals surface area contributed by atoms with Gasteiger partial charge in [-0.3, -0.25) is 9.59 Å². The number of amides is 2. The van der Waals surface area contributed by atoms with E-state index in [9.17, 15) is 9.59 Å². The molecule has 1 heterocycles. The second-order valence-electron chi connectivity index (χ2n) is 5.80. The largest absolute Gasteiger partial charge is 0.490 e. The molecule has 1 aliphatic heterocycles. The number of aryl methyl sites for hydroxylation is 1. The third-order valence-corrected chi connectivity index (χ3v) is 4.07. The molecule has 3 rings (SSSR count). The zero-order chi connectivity index (χ0) is 17.3. The van der Waals surface area contributed by atoms with Gasteiger partial charge in [0.1, 0.15) is 12.4 Å². The van der Waals surface area contributed by atoms with Crippen molar-refractivity contribution < 1.29 is 14.3 Å². The molecule has 0 aromatic heterocycles. The molecule has 0 radical (unpaired) electrons. The van der Waals surface area contributed by atoms with Crippen LogP contribution >= 0.6 is 0 Å². The molecule has 3 N–H and O–H groups in total. The van der Waals surface area contributed by atoms with Gasteiger partial charge in [0.15, 0.2) is 0 Å². The molecule has 0 saturated carbocycles. The van der Waals surface area contributed by atoms with Crippen LogP contribution in [0, 0.1) is 6.92 Å². The van der Waals surface area contributed by atoms with E-state index in [2.05, 4.69) is 10.2 Å². The molecule has 0 bridgehead atoms. The van der Waals surface area contributed by atoms with Crippen molar-refractivity contribution in [3.63, 3.8) is 0 Å². The summed E-state index contributed by atoms with van der Waals surface area (Å²) < 4.78 is 5.58. The fraction of sp³-hybridized carbons (Fsp3) is 0.222. The number of ether oxygens (including phenoxy) is 1. The van der Waals surface area contributed by atoms with Crippen LogP contribution in [0.15, 0.2) is 36.4 Å². The fourth-order valence-corrected chi connectivity index (χ4v) is 2.71. The lowest BCUT2D eigenvalue weighted by atomic mass is 10.1. The predicted molar refractivity (Wildman–Crippen MR) is 92.9 cm³/mol. The summed E-state index contributed by atoms with van der Waals surface area (Å²) >= 11 is 0. The first-order valence-corrected chi connectivity index (χ1v) is 7.65. The molecule has 6 nitrogen and oxygen atoms in total. The van der Waals surface area contributed by atoms with Crippen LogP contribution in [-0.4, -0.2) is 32.0 Å². The molecule has 0 fully saturated rings. The van der Waals surface area contributed by atoms with Gasteiger partial charge < -0.3 is 20.7 Å². The average molecular weight is 325 g/mol. The van der Waals surface area contributed by atoms with Gasteiger partial charge in [0.25, 0.3) is 5.91 Å². The van der Waals surface area contributed by atoms with Gasteiger partial charge >= 0.3 is 0 Å². The molecular weight excluding hydrogens is 306 g/mol. The van der Waals surface area contributed by atoms with E-state index >= 15 is 0 Å². The number of carbonyl (C=O) groups excluding carboxylic acids is 2. The summed E-state index contributed by atoms with van der Waals surface area (Å²) in [5.41, 5.74) is 8.52. The van der Waals surface area contributed by atoms with Gasteiger partial charge in [0.05, 0.1) is 12.2 Å². The molecule has 24 heavy (non-hydrogen) atoms. The van der Waals surface area contributed by atoms with Gasteiger partial charge in [-0.1, -0.05) is 0 Å². The Balaban J connectivity index is 1.81. The maximum atomic E-state index is 12.5. The Morgan fingerprint density at radius 2 is 2.00 bits per heavy atom. The highest BCUT2D eigenvalue weighted by atomic mass is 16.5. The van der Waals surface area contributed by atoms with Gasteiger partial charge in [-0.15, -0.1) is 0 Å². The molecule has 2 amide bonds. The molecule has 0 spiro atoms. The van der Waals surface area contributed by atoms with E-state index in [0.29, 0.717) is 23.4 Å². The van der Waals surface area contributed by atoms with Crippen molar-refractivity contribution in [1.82, 2.24) is 0 Å². The zero-order valence-electron chi connectivity index (χ0n) is 13.6. The minimum atomic E-state index is -0.483. The fourth-order valence-electron chi connectivity index (χ4n) is 2.71. The summed E-state index contributed by atoms with van der Waals surface area (Å²) in [7, 11) is 1.97. The maximum Gasteiger partial charge on any atom is 0.255 e. The van der Waals surface area contributed by atoms with Crippen LogP contribution in [0.4, 0.5) is 11.4 Å². The number of fused-ring (bicyclic) bond motifs is 1. The van der Waals surface area contributed by atoms with Gasteiger partial charge in [-0.05, 0) is 48.9 Å². The van der Waals surface area contributed by atoms with Crippen molar-refractivity contribution in [2.24, 2.45) is 5.73 Å². The van der Waals surface area contributed by atoms with E-state index in [4.69, 9.17) is 10.5 Å². The Morgan fingerprint density at radius 1 is 1.21 bits per heavy atom. The quantitative estimate of drug-likeness (QED) is 0.906. The van der Waals surface area contributed by atoms with Crippen molar-refractivity contribution in [2.75, 3.05) is 30.4 Å². The first-order valence-electron chi connectivity index (χ1n) is 7.65. The Hall–Kier alpha value is -3.02. The normalized spacial score (nSPS) is 13.0. The summed E-state index contributed by atoms with van der Waals surface area (Å²) in [6.45, 7) is 3.20. The van der Waals surface area contributed by atoms with Crippen LogP contribution in [0.25, 0.3) is 0 Å². The van der Waals surface area contributed by atoms with E-state index in [1.54, 1.807) is 37.3 Å². The smallest absolute Gasteiger partial charge is 0.255 e. The number of nitrogens with zero attached hydrogens (tertiary/aromatic N) is 1. The minimum Gasteiger partial charge on any atom is -0.490 e. The Morgan fingerprint density at radius 3 is 2.71 bits per heavy atom. The Kier molecular flexibility index (Phi) is 4.12. The highest BCUT2D eigenvalue weighted by Crippen LogP contribution is 2.31. The number of hydrogen-bond acceptors (Lipinski definition) is 4. The van der Waals surface area contributed by atoms with Crippen molar-refractivity contribution in [3.05, 3.63) is 53.1 Å². The lowest BCUT2D eigenvalue weighted by Gasteiger charge is -2.27. The van der Waals surface area contributed by atoms with Crippen LogP contribution in [0.5, 0.6) is 5.75 Å². The maximum absolute atomic E-state index is 12.5. The van der Waals surface area contributed by atoms with Gasteiger partial charge in [-0.2, -0.15) is 0 Å². The highest BCUT2D eigenvalue weighted by Gasteiger charge is 2.17. The standard InChI is InChI=1S/C18H19N3O3/c1-11-9-13(4-5-14(11)17(19)22)20-18(23)12-3-6-16-15(10-12)21(2)7-8-24-16/h3-6,9-10H,7-8H2,1-2H3,(H2,19,22)(H,20,23). The van der Waals surface area contributed by atoms with Crippen molar-refractivity contribution in [3.8, 4) is 5.75 Å². The molecule has 2 aromatic carbocycles. The van der Waals surface area contributed by atoms with E-state index < -0.39 is 5.91 Å². The van der Waals surface area contributed by atoms with Gasteiger partial charge in [0.2, 0.25) is 5.91 Å². The Labute approximate surface area is 140 Å². The van der Waals surface area contributed by atoms with Crippen molar-refractivity contribution >= 4 is 23.2 Å². The molecule has 2 aromatic rings. The molecular formula is C18H19N3O3. The number of nitrogens with one attached hydrogen (secondary N) is 1. The molecule has 1 aliphatic rings. The van der Waals surface area contributed by atoms with Crippen LogP contribution in [0.2, 0.25) is 0 Å². The molecule has 0 unspecified atom stereocenters. The number of carbonyl (C=O) groups is 2. The SMILES string of the molecule is Cc1cc(NC(=O)c2ccc3c(c2)N(C)CCO3)ccc1C(N)=O. The second kappa shape index (κ2) is 6.23. The molecule has 6 heteroatoms. The molecule has 0 saturated heterocycles. The number of benzene rings is 2. The third-order valence-electron chi connectivity index (χ3n) is 4.07. The first-order chi connectivity index (χ1) is 11.5. The number of rotatable bonds is 3. The van der Waals surface area contributed by atoms with Crippen LogP contribution in [0.3, 0.4) is 0 Å². The Bertz CT molecular complexity index is 817. The van der Waals surface area contributed by atoms with Crippen molar-refractivity contribution in [2.45, 2.75) is 6.92 Å². The number of likely N-dealkylation sites (N-methyl/N-ethyl adjacent to an activating group) is 1. The number of nitrogens with two attached hydrogens (primary N) is 1. The minimum absolute atomic E-state index is 0.219. The zero-order valence-corrected chi connectivity index (χ0v) is 13.6. The summed E-state index contributed by atoms with van der Waals surface area (Å²) in [5.74, 6) is 0.0769. The lowest BCUT2D eigenvalue weighted by molar-refractivity contribution is 0.0997.